The molecule has 3 nitrogen and oxygen atoms in total. The van der Waals surface area contributed by atoms with E-state index < -0.39 is 6.10 Å². The van der Waals surface area contributed by atoms with E-state index in [1.165, 1.54) is 12.1 Å². The highest BCUT2D eigenvalue weighted by atomic mass is 19.1. The van der Waals surface area contributed by atoms with Crippen molar-refractivity contribution in [3.63, 3.8) is 0 Å². The summed E-state index contributed by atoms with van der Waals surface area (Å²) in [4.78, 5) is 2.29. The maximum atomic E-state index is 13.4. The molecule has 0 aromatic heterocycles. The Labute approximate surface area is 112 Å². The van der Waals surface area contributed by atoms with Crippen LogP contribution in [0.3, 0.4) is 0 Å². The summed E-state index contributed by atoms with van der Waals surface area (Å²) in [5.74, 6) is -0.316. The number of aliphatic hydroxyl groups is 2. The molecule has 2 saturated heterocycles. The number of aliphatic hydroxyl groups excluding tert-OH is 2. The number of nitrogens with zero attached hydrogens (tertiary/aromatic N) is 1. The number of rotatable bonds is 2. The Morgan fingerprint density at radius 2 is 1.89 bits per heavy atom. The number of hydrogen-bond acceptors (Lipinski definition) is 3. The van der Waals surface area contributed by atoms with Gasteiger partial charge in [-0.05, 0) is 50.8 Å². The summed E-state index contributed by atoms with van der Waals surface area (Å²) in [6.07, 6.45) is 2.78. The molecule has 3 rings (SSSR count). The van der Waals surface area contributed by atoms with Gasteiger partial charge in [0.1, 0.15) is 5.82 Å². The smallest absolute Gasteiger partial charge is 0.123 e. The van der Waals surface area contributed by atoms with Crippen molar-refractivity contribution >= 4 is 5.69 Å². The summed E-state index contributed by atoms with van der Waals surface area (Å²) in [7, 11) is 0. The van der Waals surface area contributed by atoms with Crippen LogP contribution in [0.2, 0.25) is 0 Å². The van der Waals surface area contributed by atoms with Crippen molar-refractivity contribution in [1.82, 2.24) is 0 Å². The van der Waals surface area contributed by atoms with Gasteiger partial charge in [0, 0.05) is 23.3 Å². The Morgan fingerprint density at radius 3 is 2.47 bits per heavy atom. The third kappa shape index (κ3) is 2.23. The van der Waals surface area contributed by atoms with Gasteiger partial charge >= 0.3 is 0 Å². The van der Waals surface area contributed by atoms with Gasteiger partial charge < -0.3 is 15.1 Å². The first-order valence-electron chi connectivity index (χ1n) is 7.00. The van der Waals surface area contributed by atoms with Crippen LogP contribution in [-0.2, 0) is 0 Å². The van der Waals surface area contributed by atoms with Crippen LogP contribution in [0.4, 0.5) is 10.1 Å². The van der Waals surface area contributed by atoms with Gasteiger partial charge in [0.05, 0.1) is 12.2 Å². The summed E-state index contributed by atoms with van der Waals surface area (Å²) in [6.45, 7) is 1.67. The second kappa shape index (κ2) is 4.76. The molecule has 2 heterocycles. The highest BCUT2D eigenvalue weighted by molar-refractivity contribution is 5.57. The summed E-state index contributed by atoms with van der Waals surface area (Å²) >= 11 is 0. The van der Waals surface area contributed by atoms with Crippen LogP contribution in [0.25, 0.3) is 0 Å². The van der Waals surface area contributed by atoms with Crippen LogP contribution in [0.5, 0.6) is 0 Å². The van der Waals surface area contributed by atoms with Gasteiger partial charge in [-0.25, -0.2) is 4.39 Å². The molecule has 19 heavy (non-hydrogen) atoms. The minimum atomic E-state index is -0.683. The number of benzene rings is 1. The molecule has 2 bridgehead atoms. The van der Waals surface area contributed by atoms with Crippen molar-refractivity contribution in [1.29, 1.82) is 0 Å². The van der Waals surface area contributed by atoms with Crippen molar-refractivity contribution in [3.05, 3.63) is 29.6 Å². The minimum absolute atomic E-state index is 0.218. The highest BCUT2D eigenvalue weighted by Crippen LogP contribution is 2.41. The molecule has 0 aliphatic carbocycles. The van der Waals surface area contributed by atoms with E-state index >= 15 is 0 Å². The number of fused-ring (bicyclic) bond motifs is 2. The van der Waals surface area contributed by atoms with E-state index in [9.17, 15) is 14.6 Å². The van der Waals surface area contributed by atoms with Crippen molar-refractivity contribution < 1.29 is 14.6 Å². The summed E-state index contributed by atoms with van der Waals surface area (Å²) < 4.78 is 13.4. The Bertz CT molecular complexity index is 463. The van der Waals surface area contributed by atoms with Crippen LogP contribution in [-0.4, -0.2) is 28.4 Å². The van der Waals surface area contributed by atoms with E-state index in [1.807, 2.05) is 0 Å². The van der Waals surface area contributed by atoms with Crippen LogP contribution in [0.15, 0.2) is 18.2 Å². The monoisotopic (exact) mass is 265 g/mol. The number of anilines is 1. The fourth-order valence-electron chi connectivity index (χ4n) is 3.64. The maximum Gasteiger partial charge on any atom is 0.123 e. The molecule has 3 unspecified atom stereocenters. The fourth-order valence-corrected chi connectivity index (χ4v) is 3.64. The van der Waals surface area contributed by atoms with Gasteiger partial charge in [0.25, 0.3) is 0 Å². The van der Waals surface area contributed by atoms with Crippen LogP contribution in [0, 0.1) is 5.82 Å². The van der Waals surface area contributed by atoms with E-state index in [-0.39, 0.29) is 11.9 Å². The van der Waals surface area contributed by atoms with Gasteiger partial charge in [0.15, 0.2) is 0 Å². The SMILES string of the molecule is CC(O)c1cc(F)ccc1N1C2CCC1CC(O)C2. The zero-order chi connectivity index (χ0) is 13.6. The number of halogens is 1. The van der Waals surface area contributed by atoms with Gasteiger partial charge in [-0.3, -0.25) is 0 Å². The topological polar surface area (TPSA) is 43.7 Å². The third-order valence-corrected chi connectivity index (χ3v) is 4.43. The van der Waals surface area contributed by atoms with Crippen LogP contribution in [0.1, 0.15) is 44.3 Å². The Morgan fingerprint density at radius 1 is 1.26 bits per heavy atom. The summed E-state index contributed by atoms with van der Waals surface area (Å²) in [6, 6.07) is 5.27. The largest absolute Gasteiger partial charge is 0.393 e. The number of piperidine rings is 1. The lowest BCUT2D eigenvalue weighted by Crippen LogP contribution is -2.45. The quantitative estimate of drug-likeness (QED) is 0.863. The zero-order valence-corrected chi connectivity index (χ0v) is 11.1. The molecule has 1 aromatic rings. The van der Waals surface area contributed by atoms with E-state index in [0.29, 0.717) is 17.6 Å². The summed E-state index contributed by atoms with van der Waals surface area (Å²) in [5.41, 5.74) is 1.57. The Kier molecular flexibility index (Phi) is 3.23. The lowest BCUT2D eigenvalue weighted by Gasteiger charge is -2.40. The molecule has 0 saturated carbocycles. The zero-order valence-electron chi connectivity index (χ0n) is 11.1. The highest BCUT2D eigenvalue weighted by Gasteiger charge is 2.41. The minimum Gasteiger partial charge on any atom is -0.393 e. The van der Waals surface area contributed by atoms with E-state index in [0.717, 1.165) is 31.4 Å². The predicted octanol–water partition coefficient (Wildman–Crippen LogP) is 2.37. The van der Waals surface area contributed by atoms with E-state index in [2.05, 4.69) is 4.90 Å². The fraction of sp³-hybridized carbons (Fsp3) is 0.600. The number of hydrogen-bond donors (Lipinski definition) is 2. The Hall–Kier alpha value is -1.13. The maximum absolute atomic E-state index is 13.4. The summed E-state index contributed by atoms with van der Waals surface area (Å²) in [5, 5.41) is 19.7. The molecule has 2 aliphatic heterocycles. The van der Waals surface area contributed by atoms with Crippen molar-refractivity contribution in [2.75, 3.05) is 4.90 Å². The molecule has 2 fully saturated rings. The van der Waals surface area contributed by atoms with Gasteiger partial charge in [-0.1, -0.05) is 0 Å². The first kappa shape index (κ1) is 12.9. The Balaban J connectivity index is 1.99. The van der Waals surface area contributed by atoms with E-state index in [1.54, 1.807) is 13.0 Å². The molecule has 0 radical (unpaired) electrons. The molecule has 1 aromatic carbocycles. The van der Waals surface area contributed by atoms with Gasteiger partial charge in [0.2, 0.25) is 0 Å². The van der Waals surface area contributed by atoms with Gasteiger partial charge in [-0.15, -0.1) is 0 Å². The molecule has 2 N–H and O–H groups in total. The van der Waals surface area contributed by atoms with Crippen molar-refractivity contribution in [2.45, 2.75) is 56.9 Å². The molecule has 2 aliphatic rings. The lowest BCUT2D eigenvalue weighted by molar-refractivity contribution is 0.126. The lowest BCUT2D eigenvalue weighted by atomic mass is 9.97. The molecular formula is C15H20FNO2. The predicted molar refractivity (Wildman–Crippen MR) is 71.6 cm³/mol. The normalized spacial score (nSPS) is 31.6. The molecule has 104 valence electrons. The van der Waals surface area contributed by atoms with Crippen LogP contribution < -0.4 is 4.90 Å². The molecule has 4 heteroatoms. The average molecular weight is 265 g/mol. The average Bonchev–Trinajstić information content (AvgIpc) is 2.62. The van der Waals surface area contributed by atoms with Crippen molar-refractivity contribution in [3.8, 4) is 0 Å². The van der Waals surface area contributed by atoms with Gasteiger partial charge in [-0.2, -0.15) is 0 Å². The molecule has 3 atom stereocenters. The van der Waals surface area contributed by atoms with E-state index in [4.69, 9.17) is 0 Å². The first-order chi connectivity index (χ1) is 9.06. The third-order valence-electron chi connectivity index (χ3n) is 4.43. The first-order valence-corrected chi connectivity index (χ1v) is 7.00. The van der Waals surface area contributed by atoms with Crippen molar-refractivity contribution in [2.24, 2.45) is 0 Å². The second-order valence-corrected chi connectivity index (χ2v) is 5.80. The molecule has 0 amide bonds. The standard InChI is InChI=1S/C15H20FNO2/c1-9(18)14-6-10(16)2-5-15(14)17-11-3-4-12(17)8-13(19)7-11/h2,5-6,9,11-13,18-19H,3-4,7-8H2,1H3. The van der Waals surface area contributed by atoms with Crippen LogP contribution >= 0.6 is 0 Å². The molecule has 0 spiro atoms. The molecular weight excluding hydrogens is 245 g/mol. The second-order valence-electron chi connectivity index (χ2n) is 5.80.